The van der Waals surface area contributed by atoms with Gasteiger partial charge in [0.2, 0.25) is 5.91 Å². The first kappa shape index (κ1) is 26.2. The number of carbonyl (C=O) groups is 4. The van der Waals surface area contributed by atoms with Crippen LogP contribution in [0.25, 0.3) is 17.3 Å². The third-order valence-corrected chi connectivity index (χ3v) is 6.95. The van der Waals surface area contributed by atoms with Gasteiger partial charge in [-0.2, -0.15) is 15.3 Å². The summed E-state index contributed by atoms with van der Waals surface area (Å²) in [6.45, 7) is 2.56. The van der Waals surface area contributed by atoms with Crippen molar-refractivity contribution in [1.29, 1.82) is 5.26 Å². The van der Waals surface area contributed by atoms with Gasteiger partial charge in [-0.1, -0.05) is 59.9 Å². The van der Waals surface area contributed by atoms with Crippen molar-refractivity contribution in [2.45, 2.75) is 13.8 Å². The minimum absolute atomic E-state index is 0.000557. The molecule has 0 saturated carbocycles. The number of nitrogens with zero attached hydrogens (tertiary/aromatic N) is 5. The zero-order valence-corrected chi connectivity index (χ0v) is 21.9. The second kappa shape index (κ2) is 10.6. The SMILES string of the molecule is CC(=O)N(C(=O)c1ccccc1)N1C(=O)C(=Cc2sc(N(C)C)nc2-c2ccccc2)C(C)=C(C#N)C1=O. The van der Waals surface area contributed by atoms with E-state index in [1.165, 1.54) is 30.4 Å². The summed E-state index contributed by atoms with van der Waals surface area (Å²) in [5, 5.41) is 11.4. The number of carbonyl (C=O) groups excluding carboxylic acids is 4. The minimum Gasteiger partial charge on any atom is -0.354 e. The molecule has 1 aliphatic rings. The fraction of sp³-hybridized carbons (Fsp3) is 0.143. The van der Waals surface area contributed by atoms with E-state index in [0.717, 1.165) is 12.5 Å². The summed E-state index contributed by atoms with van der Waals surface area (Å²) in [5.74, 6) is -3.67. The number of aromatic nitrogens is 1. The summed E-state index contributed by atoms with van der Waals surface area (Å²) in [6, 6.07) is 19.0. The Balaban J connectivity index is 1.90. The number of thiazole rings is 1. The Bertz CT molecular complexity index is 1550. The predicted octanol–water partition coefficient (Wildman–Crippen LogP) is 4.07. The molecule has 2 aromatic carbocycles. The highest BCUT2D eigenvalue weighted by molar-refractivity contribution is 7.17. The van der Waals surface area contributed by atoms with Crippen LogP contribution in [0, 0.1) is 11.3 Å². The lowest BCUT2D eigenvalue weighted by molar-refractivity contribution is -0.163. The van der Waals surface area contributed by atoms with E-state index in [9.17, 15) is 24.4 Å². The van der Waals surface area contributed by atoms with Gasteiger partial charge in [-0.15, -0.1) is 0 Å². The van der Waals surface area contributed by atoms with Crippen LogP contribution in [0.2, 0.25) is 0 Å². The van der Waals surface area contributed by atoms with Gasteiger partial charge < -0.3 is 4.90 Å². The number of hydrogen-bond acceptors (Lipinski definition) is 8. The third kappa shape index (κ3) is 4.75. The van der Waals surface area contributed by atoms with Crippen LogP contribution in [0.15, 0.2) is 77.4 Å². The van der Waals surface area contributed by atoms with Crippen LogP contribution in [-0.4, -0.2) is 52.7 Å². The quantitative estimate of drug-likeness (QED) is 0.364. The van der Waals surface area contributed by atoms with Gasteiger partial charge >= 0.3 is 0 Å². The van der Waals surface area contributed by atoms with Crippen LogP contribution in [0.3, 0.4) is 0 Å². The lowest BCUT2D eigenvalue weighted by Crippen LogP contribution is -2.57. The van der Waals surface area contributed by atoms with E-state index in [0.29, 0.717) is 25.7 Å². The first-order chi connectivity index (χ1) is 18.1. The molecule has 0 bridgehead atoms. The number of hydrogen-bond donors (Lipinski definition) is 0. The average molecular weight is 526 g/mol. The van der Waals surface area contributed by atoms with Gasteiger partial charge in [0.25, 0.3) is 17.7 Å². The molecule has 0 atom stereocenters. The van der Waals surface area contributed by atoms with E-state index >= 15 is 0 Å². The van der Waals surface area contributed by atoms with Crippen molar-refractivity contribution in [1.82, 2.24) is 15.0 Å². The van der Waals surface area contributed by atoms with Crippen LogP contribution in [0.4, 0.5) is 5.13 Å². The van der Waals surface area contributed by atoms with E-state index in [1.54, 1.807) is 24.3 Å². The molecule has 0 saturated heterocycles. The van der Waals surface area contributed by atoms with Crippen LogP contribution in [0.1, 0.15) is 29.1 Å². The topological polar surface area (TPSA) is 115 Å². The first-order valence-electron chi connectivity index (χ1n) is 11.5. The standard InChI is InChI=1S/C28H23N5O4S/c1-17-21(15-23-24(19-11-7-5-8-12-19)30-28(38-23)31(3)4)26(36)33(27(37)22(17)16-29)32(18(2)34)25(35)20-13-9-6-10-14-20/h5-15H,1-4H3. The summed E-state index contributed by atoms with van der Waals surface area (Å²) in [5.41, 5.74) is 1.32. The van der Waals surface area contributed by atoms with Crippen LogP contribution < -0.4 is 4.90 Å². The summed E-state index contributed by atoms with van der Waals surface area (Å²) in [4.78, 5) is 60.1. The van der Waals surface area contributed by atoms with Crippen LogP contribution in [0.5, 0.6) is 0 Å². The van der Waals surface area contributed by atoms with E-state index < -0.39 is 23.6 Å². The normalized spacial score (nSPS) is 14.5. The van der Waals surface area contributed by atoms with Crippen molar-refractivity contribution in [3.8, 4) is 17.3 Å². The molecular weight excluding hydrogens is 502 g/mol. The van der Waals surface area contributed by atoms with Gasteiger partial charge in [-0.25, -0.2) is 4.98 Å². The fourth-order valence-corrected chi connectivity index (χ4v) is 4.83. The van der Waals surface area contributed by atoms with E-state index in [-0.39, 0.29) is 22.3 Å². The van der Waals surface area contributed by atoms with Crippen LogP contribution in [-0.2, 0) is 14.4 Å². The molecule has 2 heterocycles. The smallest absolute Gasteiger partial charge is 0.291 e. The van der Waals surface area contributed by atoms with E-state index in [1.807, 2.05) is 55.4 Å². The van der Waals surface area contributed by atoms with Crippen molar-refractivity contribution in [2.75, 3.05) is 19.0 Å². The molecule has 0 fully saturated rings. The number of nitriles is 1. The molecule has 0 radical (unpaired) electrons. The van der Waals surface area contributed by atoms with Crippen molar-refractivity contribution in [3.63, 3.8) is 0 Å². The highest BCUT2D eigenvalue weighted by Crippen LogP contribution is 2.36. The molecule has 1 aliphatic heterocycles. The van der Waals surface area contributed by atoms with Crippen LogP contribution >= 0.6 is 11.3 Å². The Kier molecular flexibility index (Phi) is 7.32. The molecule has 38 heavy (non-hydrogen) atoms. The second-order valence-electron chi connectivity index (χ2n) is 8.56. The van der Waals surface area contributed by atoms with Gasteiger partial charge in [0.1, 0.15) is 11.6 Å². The molecule has 4 amide bonds. The number of amides is 4. The molecule has 0 aliphatic carbocycles. The summed E-state index contributed by atoms with van der Waals surface area (Å²) < 4.78 is 0. The van der Waals surface area contributed by atoms with Gasteiger partial charge in [-0.05, 0) is 30.7 Å². The maximum Gasteiger partial charge on any atom is 0.291 e. The number of benzene rings is 2. The zero-order chi connectivity index (χ0) is 27.6. The Morgan fingerprint density at radius 3 is 2.16 bits per heavy atom. The Morgan fingerprint density at radius 2 is 1.61 bits per heavy atom. The molecule has 4 rings (SSSR count). The van der Waals surface area contributed by atoms with E-state index in [2.05, 4.69) is 0 Å². The molecule has 0 N–H and O–H groups in total. The Hall–Kier alpha value is -4.88. The average Bonchev–Trinajstić information content (AvgIpc) is 3.34. The van der Waals surface area contributed by atoms with Gasteiger partial charge in [0.15, 0.2) is 5.13 Å². The number of imide groups is 2. The molecule has 10 heteroatoms. The molecule has 0 spiro atoms. The Labute approximate surface area is 223 Å². The number of hydrazine groups is 1. The molecule has 190 valence electrons. The monoisotopic (exact) mass is 525 g/mol. The van der Waals surface area contributed by atoms with Crippen molar-refractivity contribution in [2.24, 2.45) is 0 Å². The molecule has 1 aromatic heterocycles. The minimum atomic E-state index is -1.05. The second-order valence-corrected chi connectivity index (χ2v) is 9.57. The molecular formula is C28H23N5O4S. The van der Waals surface area contributed by atoms with Crippen molar-refractivity contribution < 1.29 is 19.2 Å². The summed E-state index contributed by atoms with van der Waals surface area (Å²) in [7, 11) is 3.69. The highest BCUT2D eigenvalue weighted by atomic mass is 32.1. The maximum atomic E-state index is 13.8. The predicted molar refractivity (Wildman–Crippen MR) is 143 cm³/mol. The lowest BCUT2D eigenvalue weighted by Gasteiger charge is -2.34. The Morgan fingerprint density at radius 1 is 1.00 bits per heavy atom. The summed E-state index contributed by atoms with van der Waals surface area (Å²) in [6.07, 6.45) is 1.55. The van der Waals surface area contributed by atoms with E-state index in [4.69, 9.17) is 4.98 Å². The zero-order valence-electron chi connectivity index (χ0n) is 21.1. The molecule has 0 unspecified atom stereocenters. The van der Waals surface area contributed by atoms with Crippen molar-refractivity contribution in [3.05, 3.63) is 87.8 Å². The highest BCUT2D eigenvalue weighted by Gasteiger charge is 2.43. The summed E-state index contributed by atoms with van der Waals surface area (Å²) >= 11 is 1.32. The molecule has 3 aromatic rings. The first-order valence-corrected chi connectivity index (χ1v) is 12.3. The van der Waals surface area contributed by atoms with Crippen molar-refractivity contribution >= 4 is 46.2 Å². The maximum absolute atomic E-state index is 13.8. The largest absolute Gasteiger partial charge is 0.354 e. The van der Waals surface area contributed by atoms with Gasteiger partial charge in [-0.3, -0.25) is 19.2 Å². The third-order valence-electron chi connectivity index (χ3n) is 5.78. The number of rotatable bonds is 5. The van der Waals surface area contributed by atoms with Gasteiger partial charge in [0.05, 0.1) is 10.6 Å². The van der Waals surface area contributed by atoms with Gasteiger partial charge in [0, 0.05) is 37.7 Å². The number of anilines is 1. The fourth-order valence-electron chi connectivity index (χ4n) is 3.87. The lowest BCUT2D eigenvalue weighted by atomic mass is 9.95. The molecule has 9 nitrogen and oxygen atoms in total.